The molecule has 2 rings (SSSR count). The van der Waals surface area contributed by atoms with Crippen LogP contribution >= 0.6 is 12.2 Å². The van der Waals surface area contributed by atoms with Crippen LogP contribution in [0.5, 0.6) is 0 Å². The summed E-state index contributed by atoms with van der Waals surface area (Å²) in [5.74, 6) is 0. The van der Waals surface area contributed by atoms with E-state index in [0.29, 0.717) is 4.77 Å². The number of rotatable bonds is 4. The van der Waals surface area contributed by atoms with E-state index < -0.39 is 0 Å². The predicted octanol–water partition coefficient (Wildman–Crippen LogP) is 1.73. The highest BCUT2D eigenvalue weighted by atomic mass is 32.1. The molecule has 0 spiro atoms. The molecule has 2 aromatic rings. The maximum absolute atomic E-state index is 5.00. The molecule has 0 radical (unpaired) electrons. The van der Waals surface area contributed by atoms with Gasteiger partial charge in [0.2, 0.25) is 4.77 Å². The lowest BCUT2D eigenvalue weighted by atomic mass is 10.2. The van der Waals surface area contributed by atoms with Crippen LogP contribution in [0.3, 0.4) is 0 Å². The first-order chi connectivity index (χ1) is 7.36. The first kappa shape index (κ1) is 9.92. The van der Waals surface area contributed by atoms with Gasteiger partial charge in [-0.15, -0.1) is 0 Å². The Morgan fingerprint density at radius 2 is 2.13 bits per heavy atom. The van der Waals surface area contributed by atoms with Crippen LogP contribution in [-0.4, -0.2) is 21.4 Å². The van der Waals surface area contributed by atoms with Crippen LogP contribution < -0.4 is 5.43 Å². The molecule has 15 heavy (non-hydrogen) atoms. The standard InChI is InChI=1S/C10H12N4S/c15-10-13-11-8-14(10)12-7-6-9-4-2-1-3-5-9/h1-5,8,12H,6-7H2,(H,13,15). The van der Waals surface area contributed by atoms with Gasteiger partial charge in [-0.25, -0.2) is 4.68 Å². The molecular formula is C10H12N4S. The van der Waals surface area contributed by atoms with Gasteiger partial charge in [-0.2, -0.15) is 5.10 Å². The molecule has 0 fully saturated rings. The minimum Gasteiger partial charge on any atom is -0.322 e. The molecule has 0 bridgehead atoms. The number of H-pyrrole nitrogens is 1. The van der Waals surface area contributed by atoms with Gasteiger partial charge in [-0.1, -0.05) is 30.3 Å². The van der Waals surface area contributed by atoms with Crippen molar-refractivity contribution < 1.29 is 0 Å². The van der Waals surface area contributed by atoms with Crippen molar-refractivity contribution in [2.24, 2.45) is 0 Å². The van der Waals surface area contributed by atoms with Crippen molar-refractivity contribution in [1.29, 1.82) is 0 Å². The Hall–Kier alpha value is -1.62. The van der Waals surface area contributed by atoms with Crippen LogP contribution in [0.2, 0.25) is 0 Å². The zero-order valence-electron chi connectivity index (χ0n) is 8.18. The summed E-state index contributed by atoms with van der Waals surface area (Å²) >= 11 is 5.00. The number of nitrogens with one attached hydrogen (secondary N) is 2. The fraction of sp³-hybridized carbons (Fsp3) is 0.200. The highest BCUT2D eigenvalue weighted by Crippen LogP contribution is 1.98. The fourth-order valence-electron chi connectivity index (χ4n) is 1.33. The van der Waals surface area contributed by atoms with Gasteiger partial charge in [-0.05, 0) is 24.2 Å². The summed E-state index contributed by atoms with van der Waals surface area (Å²) < 4.78 is 2.29. The van der Waals surface area contributed by atoms with E-state index in [4.69, 9.17) is 12.2 Å². The van der Waals surface area contributed by atoms with E-state index in [2.05, 4.69) is 27.8 Å². The second kappa shape index (κ2) is 4.75. The smallest absolute Gasteiger partial charge is 0.214 e. The van der Waals surface area contributed by atoms with Crippen LogP contribution in [0, 0.1) is 4.77 Å². The summed E-state index contributed by atoms with van der Waals surface area (Å²) in [4.78, 5) is 0. The molecule has 78 valence electrons. The quantitative estimate of drug-likeness (QED) is 0.771. The maximum Gasteiger partial charge on any atom is 0.214 e. The molecule has 0 amide bonds. The van der Waals surface area contributed by atoms with Gasteiger partial charge in [0.1, 0.15) is 6.33 Å². The van der Waals surface area contributed by atoms with Crippen LogP contribution in [-0.2, 0) is 6.42 Å². The summed E-state index contributed by atoms with van der Waals surface area (Å²) in [5, 5.41) is 6.50. The molecule has 0 saturated heterocycles. The molecule has 0 atom stereocenters. The molecule has 1 aromatic carbocycles. The zero-order valence-corrected chi connectivity index (χ0v) is 9.00. The van der Waals surface area contributed by atoms with E-state index >= 15 is 0 Å². The maximum atomic E-state index is 5.00. The van der Waals surface area contributed by atoms with Gasteiger partial charge in [0, 0.05) is 6.54 Å². The van der Waals surface area contributed by atoms with Crippen molar-refractivity contribution in [3.05, 3.63) is 47.0 Å². The van der Waals surface area contributed by atoms with Crippen molar-refractivity contribution >= 4 is 12.2 Å². The van der Waals surface area contributed by atoms with Crippen LogP contribution in [0.15, 0.2) is 36.7 Å². The first-order valence-electron chi connectivity index (χ1n) is 4.76. The molecular weight excluding hydrogens is 208 g/mol. The monoisotopic (exact) mass is 220 g/mol. The average molecular weight is 220 g/mol. The molecule has 1 aromatic heterocycles. The van der Waals surface area contributed by atoms with Crippen molar-refractivity contribution in [1.82, 2.24) is 14.9 Å². The molecule has 0 aliphatic rings. The van der Waals surface area contributed by atoms with Gasteiger partial charge in [0.15, 0.2) is 0 Å². The molecule has 0 aliphatic carbocycles. The Labute approximate surface area is 92.9 Å². The number of hydrogen-bond acceptors (Lipinski definition) is 3. The Morgan fingerprint density at radius 1 is 1.33 bits per heavy atom. The van der Waals surface area contributed by atoms with Gasteiger partial charge >= 0.3 is 0 Å². The molecule has 4 nitrogen and oxygen atoms in total. The van der Waals surface area contributed by atoms with Crippen molar-refractivity contribution in [3.8, 4) is 0 Å². The lowest BCUT2D eigenvalue weighted by Gasteiger charge is -2.05. The van der Waals surface area contributed by atoms with Crippen LogP contribution in [0.4, 0.5) is 0 Å². The number of benzene rings is 1. The van der Waals surface area contributed by atoms with Gasteiger partial charge in [0.05, 0.1) is 0 Å². The van der Waals surface area contributed by atoms with E-state index in [1.807, 2.05) is 18.2 Å². The summed E-state index contributed by atoms with van der Waals surface area (Å²) in [5.41, 5.74) is 4.47. The number of aromatic amines is 1. The number of nitrogens with zero attached hydrogens (tertiary/aromatic N) is 2. The Kier molecular flexibility index (Phi) is 3.14. The van der Waals surface area contributed by atoms with Gasteiger partial charge in [-0.3, -0.25) is 5.10 Å². The third kappa shape index (κ3) is 2.66. The molecule has 0 saturated carbocycles. The second-order valence-electron chi connectivity index (χ2n) is 3.18. The molecule has 5 heteroatoms. The van der Waals surface area contributed by atoms with E-state index in [1.54, 1.807) is 11.0 Å². The topological polar surface area (TPSA) is 45.6 Å². The zero-order chi connectivity index (χ0) is 10.5. The Morgan fingerprint density at radius 3 is 2.80 bits per heavy atom. The highest BCUT2D eigenvalue weighted by molar-refractivity contribution is 7.71. The number of hydrogen-bond donors (Lipinski definition) is 2. The lowest BCUT2D eigenvalue weighted by Crippen LogP contribution is -2.16. The third-order valence-corrected chi connectivity index (χ3v) is 2.38. The van der Waals surface area contributed by atoms with Crippen LogP contribution in [0.25, 0.3) is 0 Å². The molecule has 1 heterocycles. The minimum atomic E-state index is 0.586. The predicted molar refractivity (Wildman–Crippen MR) is 61.8 cm³/mol. The minimum absolute atomic E-state index is 0.586. The summed E-state index contributed by atoms with van der Waals surface area (Å²) in [7, 11) is 0. The highest BCUT2D eigenvalue weighted by Gasteiger charge is 1.93. The van der Waals surface area contributed by atoms with Gasteiger partial charge in [0.25, 0.3) is 0 Å². The van der Waals surface area contributed by atoms with E-state index in [1.165, 1.54) is 5.56 Å². The lowest BCUT2D eigenvalue weighted by molar-refractivity contribution is 0.809. The SMILES string of the molecule is S=c1[nH]ncn1NCCc1ccccc1. The molecule has 0 aliphatic heterocycles. The fourth-order valence-corrected chi connectivity index (χ4v) is 1.49. The summed E-state index contributed by atoms with van der Waals surface area (Å²) in [6.07, 6.45) is 2.60. The number of aromatic nitrogens is 3. The molecule has 2 N–H and O–H groups in total. The van der Waals surface area contributed by atoms with Crippen molar-refractivity contribution in [2.45, 2.75) is 6.42 Å². The second-order valence-corrected chi connectivity index (χ2v) is 3.56. The summed E-state index contributed by atoms with van der Waals surface area (Å²) in [6, 6.07) is 10.3. The Balaban J connectivity index is 1.86. The van der Waals surface area contributed by atoms with E-state index in [9.17, 15) is 0 Å². The normalized spacial score (nSPS) is 10.1. The van der Waals surface area contributed by atoms with Crippen molar-refractivity contribution in [2.75, 3.05) is 12.0 Å². The van der Waals surface area contributed by atoms with Crippen molar-refractivity contribution in [3.63, 3.8) is 0 Å². The third-order valence-electron chi connectivity index (χ3n) is 2.09. The van der Waals surface area contributed by atoms with E-state index in [-0.39, 0.29) is 0 Å². The average Bonchev–Trinajstić information content (AvgIpc) is 2.66. The van der Waals surface area contributed by atoms with Gasteiger partial charge < -0.3 is 5.43 Å². The van der Waals surface area contributed by atoms with Crippen LogP contribution in [0.1, 0.15) is 5.56 Å². The first-order valence-corrected chi connectivity index (χ1v) is 5.17. The summed E-state index contributed by atoms with van der Waals surface area (Å²) in [6.45, 7) is 0.831. The Bertz CT molecular complexity index is 460. The molecule has 0 unspecified atom stereocenters. The van der Waals surface area contributed by atoms with E-state index in [0.717, 1.165) is 13.0 Å². The largest absolute Gasteiger partial charge is 0.322 e.